The van der Waals surface area contributed by atoms with E-state index < -0.39 is 23.4 Å². The Morgan fingerprint density at radius 1 is 1.11 bits per heavy atom. The molecule has 0 aliphatic rings. The lowest BCUT2D eigenvalue weighted by Crippen LogP contribution is -2.50. The number of nitrogen functional groups attached to an aromatic ring is 1. The highest BCUT2D eigenvalue weighted by atomic mass is 32.1. The monoisotopic (exact) mass is 523 g/mol. The number of nitrogens with one attached hydrogen (secondary N) is 1. The van der Waals surface area contributed by atoms with Gasteiger partial charge in [-0.15, -0.1) is 0 Å². The maximum atomic E-state index is 14.0. The van der Waals surface area contributed by atoms with E-state index in [1.165, 1.54) is 4.90 Å². The summed E-state index contributed by atoms with van der Waals surface area (Å²) in [5, 5.41) is 3.07. The van der Waals surface area contributed by atoms with Gasteiger partial charge in [0.25, 0.3) is 11.8 Å². The molecule has 0 unspecified atom stereocenters. The van der Waals surface area contributed by atoms with Crippen molar-refractivity contribution in [1.29, 1.82) is 0 Å². The lowest BCUT2D eigenvalue weighted by Gasteiger charge is -2.34. The van der Waals surface area contributed by atoms with E-state index in [9.17, 15) is 14.4 Å². The molecule has 10 heteroatoms. The summed E-state index contributed by atoms with van der Waals surface area (Å²) >= 11 is 0.792. The standard InChI is InChI=1S/C27H33N5O4S/c1-5-27(2,3)30-25(34)22(18-11-13-19(36-4)14-12-18)32(16-15-17-9-7-6-8-10-17)26(35)23-20(28)21(24(29)33)31-37-23/h6-14,22H,5,15-16,28H2,1-4H3,(H2,29,33)(H,30,34)/t22-/m0/s1. The molecule has 0 spiro atoms. The fraction of sp³-hybridized carbons (Fsp3) is 0.333. The van der Waals surface area contributed by atoms with Crippen molar-refractivity contribution in [3.05, 3.63) is 76.3 Å². The predicted octanol–water partition coefficient (Wildman–Crippen LogP) is 3.56. The highest BCUT2D eigenvalue weighted by molar-refractivity contribution is 7.09. The topological polar surface area (TPSA) is 141 Å². The number of hydrogen-bond donors (Lipinski definition) is 3. The summed E-state index contributed by atoms with van der Waals surface area (Å²) in [5.41, 5.74) is 12.3. The van der Waals surface area contributed by atoms with E-state index in [1.807, 2.05) is 51.1 Å². The Hall–Kier alpha value is -3.92. The normalized spacial score (nSPS) is 12.0. The van der Waals surface area contributed by atoms with E-state index in [1.54, 1.807) is 31.4 Å². The van der Waals surface area contributed by atoms with Gasteiger partial charge < -0.3 is 26.4 Å². The first kappa shape index (κ1) is 27.7. The van der Waals surface area contributed by atoms with Crippen LogP contribution in [0.15, 0.2) is 54.6 Å². The highest BCUT2D eigenvalue weighted by Gasteiger charge is 2.36. The Morgan fingerprint density at radius 3 is 2.30 bits per heavy atom. The van der Waals surface area contributed by atoms with Crippen molar-refractivity contribution in [1.82, 2.24) is 14.6 Å². The minimum absolute atomic E-state index is 0.0583. The number of nitrogens with two attached hydrogens (primary N) is 2. The molecule has 196 valence electrons. The number of ether oxygens (including phenoxy) is 1. The third-order valence-electron chi connectivity index (χ3n) is 6.24. The van der Waals surface area contributed by atoms with Gasteiger partial charge in [-0.1, -0.05) is 49.4 Å². The minimum Gasteiger partial charge on any atom is -0.497 e. The summed E-state index contributed by atoms with van der Waals surface area (Å²) in [7, 11) is 1.56. The van der Waals surface area contributed by atoms with Crippen molar-refractivity contribution in [2.24, 2.45) is 5.73 Å². The van der Waals surface area contributed by atoms with Crippen LogP contribution in [0, 0.1) is 0 Å². The number of benzene rings is 2. The van der Waals surface area contributed by atoms with Gasteiger partial charge in [-0.2, -0.15) is 4.37 Å². The van der Waals surface area contributed by atoms with Crippen LogP contribution in [0.3, 0.4) is 0 Å². The smallest absolute Gasteiger partial charge is 0.270 e. The molecule has 1 atom stereocenters. The zero-order chi connectivity index (χ0) is 27.2. The maximum absolute atomic E-state index is 14.0. The van der Waals surface area contributed by atoms with Crippen LogP contribution in [-0.4, -0.2) is 46.2 Å². The van der Waals surface area contributed by atoms with E-state index >= 15 is 0 Å². The fourth-order valence-corrected chi connectivity index (χ4v) is 4.51. The molecule has 0 aliphatic heterocycles. The minimum atomic E-state index is -0.980. The van der Waals surface area contributed by atoms with E-state index in [0.717, 1.165) is 17.1 Å². The molecule has 0 radical (unpaired) electrons. The second-order valence-corrected chi connectivity index (χ2v) is 10.0. The van der Waals surface area contributed by atoms with Crippen LogP contribution >= 0.6 is 11.5 Å². The van der Waals surface area contributed by atoms with Crippen molar-refractivity contribution in [3.63, 3.8) is 0 Å². The van der Waals surface area contributed by atoms with Crippen molar-refractivity contribution in [2.75, 3.05) is 19.4 Å². The van der Waals surface area contributed by atoms with Gasteiger partial charge in [-0.25, -0.2) is 0 Å². The van der Waals surface area contributed by atoms with Gasteiger partial charge in [-0.05, 0) is 61.5 Å². The largest absolute Gasteiger partial charge is 0.497 e. The summed E-state index contributed by atoms with van der Waals surface area (Å²) in [5.74, 6) is -1.05. The van der Waals surface area contributed by atoms with Crippen molar-refractivity contribution in [3.8, 4) is 5.75 Å². The molecule has 0 saturated carbocycles. The Kier molecular flexibility index (Phi) is 8.88. The number of anilines is 1. The molecule has 1 heterocycles. The number of rotatable bonds is 11. The summed E-state index contributed by atoms with van der Waals surface area (Å²) < 4.78 is 9.27. The number of methoxy groups -OCH3 is 1. The number of nitrogens with zero attached hydrogens (tertiary/aromatic N) is 2. The Balaban J connectivity index is 2.10. The number of carbonyl (C=O) groups excluding carboxylic acids is 3. The Morgan fingerprint density at radius 2 is 1.76 bits per heavy atom. The van der Waals surface area contributed by atoms with Crippen molar-refractivity contribution < 1.29 is 19.1 Å². The average molecular weight is 524 g/mol. The summed E-state index contributed by atoms with van der Waals surface area (Å²) in [6.45, 7) is 6.03. The van der Waals surface area contributed by atoms with Gasteiger partial charge >= 0.3 is 0 Å². The maximum Gasteiger partial charge on any atom is 0.270 e. The van der Waals surface area contributed by atoms with E-state index in [2.05, 4.69) is 9.69 Å². The lowest BCUT2D eigenvalue weighted by atomic mass is 9.98. The Bertz CT molecular complexity index is 1240. The second kappa shape index (κ2) is 11.9. The Labute approximate surface area is 221 Å². The highest BCUT2D eigenvalue weighted by Crippen LogP contribution is 2.30. The van der Waals surface area contributed by atoms with Crippen molar-refractivity contribution in [2.45, 2.75) is 45.2 Å². The first-order chi connectivity index (χ1) is 17.6. The molecular formula is C27H33N5O4S. The summed E-state index contributed by atoms with van der Waals surface area (Å²) in [4.78, 5) is 41.0. The predicted molar refractivity (Wildman–Crippen MR) is 144 cm³/mol. The number of hydrogen-bond acceptors (Lipinski definition) is 7. The molecule has 37 heavy (non-hydrogen) atoms. The van der Waals surface area contributed by atoms with E-state index in [4.69, 9.17) is 16.2 Å². The molecule has 5 N–H and O–H groups in total. The van der Waals surface area contributed by atoms with Crippen LogP contribution in [0.25, 0.3) is 0 Å². The second-order valence-electron chi connectivity index (χ2n) is 9.27. The van der Waals surface area contributed by atoms with Gasteiger partial charge in [0.2, 0.25) is 5.91 Å². The number of aromatic nitrogens is 1. The van der Waals surface area contributed by atoms with Gasteiger partial charge in [0.05, 0.1) is 12.8 Å². The summed E-state index contributed by atoms with van der Waals surface area (Å²) in [6.07, 6.45) is 1.18. The molecule has 0 saturated heterocycles. The van der Waals surface area contributed by atoms with Crippen LogP contribution in [0.5, 0.6) is 5.75 Å². The molecular weight excluding hydrogens is 490 g/mol. The van der Waals surface area contributed by atoms with E-state index in [0.29, 0.717) is 24.2 Å². The van der Waals surface area contributed by atoms with E-state index in [-0.39, 0.29) is 28.7 Å². The first-order valence-electron chi connectivity index (χ1n) is 11.9. The average Bonchev–Trinajstić information content (AvgIpc) is 3.28. The molecule has 9 nitrogen and oxygen atoms in total. The molecule has 3 aromatic rings. The summed E-state index contributed by atoms with van der Waals surface area (Å²) in [6, 6.07) is 15.7. The quantitative estimate of drug-likeness (QED) is 0.351. The van der Waals surface area contributed by atoms with Gasteiger partial charge in [0, 0.05) is 12.1 Å². The number of carbonyl (C=O) groups is 3. The molecule has 1 aromatic heterocycles. The van der Waals surface area contributed by atoms with Crippen LogP contribution in [0.1, 0.15) is 64.5 Å². The van der Waals surface area contributed by atoms with Crippen molar-refractivity contribution >= 4 is 34.9 Å². The first-order valence-corrected chi connectivity index (χ1v) is 12.7. The van der Waals surface area contributed by atoms with Gasteiger partial charge in [0.15, 0.2) is 5.69 Å². The molecule has 0 fully saturated rings. The van der Waals surface area contributed by atoms with Crippen LogP contribution in [-0.2, 0) is 11.2 Å². The zero-order valence-electron chi connectivity index (χ0n) is 21.5. The number of amides is 3. The van der Waals surface area contributed by atoms with Crippen LogP contribution < -0.4 is 21.5 Å². The SMILES string of the molecule is CCC(C)(C)NC(=O)[C@H](c1ccc(OC)cc1)N(CCc1ccccc1)C(=O)c1snc(C(N)=O)c1N. The van der Waals surface area contributed by atoms with Crippen LogP contribution in [0.2, 0.25) is 0 Å². The molecule has 0 aliphatic carbocycles. The third kappa shape index (κ3) is 6.65. The van der Waals surface area contributed by atoms with Crippen LogP contribution in [0.4, 0.5) is 5.69 Å². The molecule has 3 rings (SSSR count). The zero-order valence-corrected chi connectivity index (χ0v) is 22.3. The fourth-order valence-electron chi connectivity index (χ4n) is 3.75. The number of primary amides is 1. The molecule has 2 aromatic carbocycles. The third-order valence-corrected chi connectivity index (χ3v) is 7.09. The van der Waals surface area contributed by atoms with Gasteiger partial charge in [-0.3, -0.25) is 14.4 Å². The molecule has 3 amide bonds. The molecule has 0 bridgehead atoms. The van der Waals surface area contributed by atoms with Gasteiger partial charge in [0.1, 0.15) is 16.7 Å². The lowest BCUT2D eigenvalue weighted by molar-refractivity contribution is -0.127.